The van der Waals surface area contributed by atoms with Gasteiger partial charge in [0.1, 0.15) is 30.5 Å². The minimum Gasteiger partial charge on any atom is -0.395 e. The zero-order valence-corrected chi connectivity index (χ0v) is 15.5. The molecule has 1 amide bonds. The first-order valence-electron chi connectivity index (χ1n) is 8.34. The maximum Gasteiger partial charge on any atom is 0.362 e. The van der Waals surface area contributed by atoms with Crippen LogP contribution >= 0.6 is 0 Å². The Morgan fingerprint density at radius 3 is 2.76 bits per heavy atom. The molecule has 0 aliphatic carbocycles. The van der Waals surface area contributed by atoms with Crippen LogP contribution in [0, 0.1) is 0 Å². The maximum atomic E-state index is 12.0. The van der Waals surface area contributed by atoms with Crippen LogP contribution in [0.4, 0.5) is 5.82 Å². The summed E-state index contributed by atoms with van der Waals surface area (Å²) in [4.78, 5) is 24.3. The quantitative estimate of drug-likeness (QED) is 0.281. The molecule has 2 aliphatic heterocycles. The van der Waals surface area contributed by atoms with Gasteiger partial charge < -0.3 is 26.4 Å². The Bertz CT molecular complexity index is 1110. The van der Waals surface area contributed by atoms with Crippen molar-refractivity contribution < 1.29 is 32.3 Å². The molecule has 14 nitrogen and oxygen atoms in total. The van der Waals surface area contributed by atoms with Gasteiger partial charge in [0.15, 0.2) is 23.2 Å². The molecule has 2 aromatic heterocycles. The van der Waals surface area contributed by atoms with Crippen molar-refractivity contribution in [3.05, 3.63) is 23.9 Å². The van der Waals surface area contributed by atoms with Crippen molar-refractivity contribution in [3.63, 3.8) is 0 Å². The third-order valence-corrected chi connectivity index (χ3v) is 5.42. The summed E-state index contributed by atoms with van der Waals surface area (Å²) in [7, 11) is -4.52. The van der Waals surface area contributed by atoms with Gasteiger partial charge in [-0.15, -0.1) is 0 Å². The molecule has 7 N–H and O–H groups in total. The predicted molar refractivity (Wildman–Crippen MR) is 94.6 cm³/mol. The van der Waals surface area contributed by atoms with Crippen LogP contribution in [-0.4, -0.2) is 69.0 Å². The predicted octanol–water partition coefficient (Wildman–Crippen LogP) is -3.20. The SMILES string of the molecule is N/C1=C/Cc2nc3c(N)ncnc3n2[C@@H]2O[C@H](COS(=O)(=O)NC1=O)[C@@H](O)[C@H]2O. The lowest BCUT2D eigenvalue weighted by molar-refractivity contribution is -0.116. The molecule has 2 aliphatic rings. The number of anilines is 1. The van der Waals surface area contributed by atoms with E-state index in [1.807, 2.05) is 0 Å². The van der Waals surface area contributed by atoms with Gasteiger partial charge in [-0.25, -0.2) is 19.7 Å². The fourth-order valence-corrected chi connectivity index (χ4v) is 3.83. The van der Waals surface area contributed by atoms with Crippen LogP contribution in [0.3, 0.4) is 0 Å². The Kier molecular flexibility index (Phi) is 4.62. The molecule has 0 unspecified atom stereocenters. The molecule has 0 saturated carbocycles. The number of nitrogens with zero attached hydrogens (tertiary/aromatic N) is 4. The first kappa shape index (κ1) is 19.5. The molecule has 4 heterocycles. The van der Waals surface area contributed by atoms with Crippen molar-refractivity contribution in [1.82, 2.24) is 24.2 Å². The molecule has 0 radical (unpaired) electrons. The number of aliphatic hydroxyl groups is 2. The number of aromatic nitrogens is 4. The topological polar surface area (TPSA) is 218 Å². The normalized spacial score (nSPS) is 31.7. The van der Waals surface area contributed by atoms with E-state index in [0.29, 0.717) is 0 Å². The van der Waals surface area contributed by atoms with Crippen LogP contribution in [0.15, 0.2) is 18.1 Å². The van der Waals surface area contributed by atoms with Crippen LogP contribution in [0.5, 0.6) is 0 Å². The van der Waals surface area contributed by atoms with Gasteiger partial charge >= 0.3 is 10.3 Å². The number of ether oxygens (including phenoxy) is 1. The molecule has 156 valence electrons. The van der Waals surface area contributed by atoms with Crippen molar-refractivity contribution in [2.75, 3.05) is 12.3 Å². The largest absolute Gasteiger partial charge is 0.395 e. The fourth-order valence-electron chi connectivity index (χ4n) is 3.12. The number of imidazole rings is 1. The van der Waals surface area contributed by atoms with E-state index in [2.05, 4.69) is 19.1 Å². The van der Waals surface area contributed by atoms with Crippen molar-refractivity contribution in [1.29, 1.82) is 0 Å². The average molecular weight is 427 g/mol. The van der Waals surface area contributed by atoms with Crippen LogP contribution in [0.25, 0.3) is 11.2 Å². The summed E-state index contributed by atoms with van der Waals surface area (Å²) < 4.78 is 37.1. The number of nitrogens with two attached hydrogens (primary N) is 2. The molecule has 0 spiro atoms. The van der Waals surface area contributed by atoms with Gasteiger partial charge in [0, 0.05) is 6.42 Å². The van der Waals surface area contributed by atoms with Crippen molar-refractivity contribution in [2.45, 2.75) is 31.0 Å². The summed E-state index contributed by atoms with van der Waals surface area (Å²) in [5.41, 5.74) is 11.5. The molecule has 2 aromatic rings. The summed E-state index contributed by atoms with van der Waals surface area (Å²) in [5.74, 6) is -0.787. The van der Waals surface area contributed by atoms with Gasteiger partial charge in [0.25, 0.3) is 5.91 Å². The lowest BCUT2D eigenvalue weighted by Crippen LogP contribution is -2.39. The summed E-state index contributed by atoms with van der Waals surface area (Å²) in [6.07, 6.45) is -3.01. The van der Waals surface area contributed by atoms with Gasteiger partial charge in [-0.3, -0.25) is 13.5 Å². The molecule has 1 saturated heterocycles. The molecule has 0 aromatic carbocycles. The second-order valence-corrected chi connectivity index (χ2v) is 7.76. The van der Waals surface area contributed by atoms with E-state index in [1.54, 1.807) is 4.72 Å². The number of aliphatic hydroxyl groups excluding tert-OH is 2. The summed E-state index contributed by atoms with van der Waals surface area (Å²) in [6.45, 7) is -0.667. The Labute approximate surface area is 163 Å². The van der Waals surface area contributed by atoms with Crippen molar-refractivity contribution >= 4 is 33.2 Å². The molecule has 29 heavy (non-hydrogen) atoms. The molecular weight excluding hydrogens is 410 g/mol. The van der Waals surface area contributed by atoms with E-state index >= 15 is 0 Å². The Morgan fingerprint density at radius 1 is 1.24 bits per heavy atom. The van der Waals surface area contributed by atoms with Crippen LogP contribution in [0.1, 0.15) is 12.1 Å². The average Bonchev–Trinajstić information content (AvgIpc) is 3.16. The minimum absolute atomic E-state index is 0.0662. The molecule has 1 fully saturated rings. The zero-order valence-electron chi connectivity index (χ0n) is 14.7. The third kappa shape index (κ3) is 3.38. The molecular formula is C14H17N7O7S. The highest BCUT2D eigenvalue weighted by atomic mass is 32.2. The summed E-state index contributed by atoms with van der Waals surface area (Å²) >= 11 is 0. The second-order valence-electron chi connectivity index (χ2n) is 6.41. The van der Waals surface area contributed by atoms with Crippen LogP contribution in [0.2, 0.25) is 0 Å². The maximum absolute atomic E-state index is 12.0. The first-order chi connectivity index (χ1) is 13.7. The zero-order chi connectivity index (χ0) is 20.9. The monoisotopic (exact) mass is 427 g/mol. The third-order valence-electron chi connectivity index (χ3n) is 4.54. The number of amides is 1. The van der Waals surface area contributed by atoms with Gasteiger partial charge in [0.05, 0.1) is 12.3 Å². The number of fused-ring (bicyclic) bond motifs is 6. The summed E-state index contributed by atoms with van der Waals surface area (Å²) in [5, 5.41) is 20.8. The summed E-state index contributed by atoms with van der Waals surface area (Å²) in [6, 6.07) is 0. The Morgan fingerprint density at radius 2 is 2.00 bits per heavy atom. The van der Waals surface area contributed by atoms with Gasteiger partial charge in [-0.1, -0.05) is 0 Å². The van der Waals surface area contributed by atoms with Gasteiger partial charge in [0.2, 0.25) is 0 Å². The van der Waals surface area contributed by atoms with Crippen molar-refractivity contribution in [3.8, 4) is 0 Å². The second kappa shape index (κ2) is 6.89. The number of hydrogen-bond donors (Lipinski definition) is 5. The van der Waals surface area contributed by atoms with Crippen molar-refractivity contribution in [2.24, 2.45) is 5.73 Å². The number of rotatable bonds is 0. The van der Waals surface area contributed by atoms with Crippen LogP contribution in [-0.2, 0) is 30.4 Å². The molecule has 4 atom stereocenters. The Hall–Kier alpha value is -2.85. The van der Waals surface area contributed by atoms with E-state index in [9.17, 15) is 23.4 Å². The number of nitrogens with one attached hydrogen (secondary N) is 1. The molecule has 4 rings (SSSR count). The van der Waals surface area contributed by atoms with Crippen LogP contribution < -0.4 is 16.2 Å². The van der Waals surface area contributed by atoms with E-state index < -0.39 is 53.1 Å². The molecule has 15 heteroatoms. The van der Waals surface area contributed by atoms with Gasteiger partial charge in [-0.2, -0.15) is 8.42 Å². The highest BCUT2D eigenvalue weighted by Gasteiger charge is 2.46. The number of carbonyl (C=O) groups excluding carboxylic acids is 1. The highest BCUT2D eigenvalue weighted by molar-refractivity contribution is 7.85. The first-order valence-corrected chi connectivity index (χ1v) is 9.75. The highest BCUT2D eigenvalue weighted by Crippen LogP contribution is 2.34. The smallest absolute Gasteiger partial charge is 0.362 e. The van der Waals surface area contributed by atoms with Gasteiger partial charge in [-0.05, 0) is 6.08 Å². The number of nitrogen functional groups attached to an aromatic ring is 1. The number of hydrogen-bond acceptors (Lipinski definition) is 12. The number of carbonyl (C=O) groups is 1. The fraction of sp³-hybridized carbons (Fsp3) is 0.429. The lowest BCUT2D eigenvalue weighted by Gasteiger charge is -2.19. The van der Waals surface area contributed by atoms with E-state index in [4.69, 9.17) is 16.2 Å². The number of allylic oxidation sites excluding steroid dienone is 1. The minimum atomic E-state index is -4.52. The van der Waals surface area contributed by atoms with E-state index in [-0.39, 0.29) is 29.2 Å². The Balaban J connectivity index is 1.87. The standard InChI is InChI=1S/C14H17N7O7S/c15-5-1-2-7-19-8-11(16)17-4-18-12(8)21(7)14-10(23)9(22)6(28-14)3-27-29(25,26)20-13(5)24/h1,4,6,9-10,14,22-23H,2-3,15H2,(H,20,24)(H2,16,17,18)/b5-1+/t6-,9-,10-,14-/m1/s1. The van der Waals surface area contributed by atoms with E-state index in [0.717, 1.165) is 0 Å². The molecule has 2 bridgehead atoms. The lowest BCUT2D eigenvalue weighted by atomic mass is 10.1. The van der Waals surface area contributed by atoms with E-state index in [1.165, 1.54) is 17.0 Å².